The molecule has 0 atom stereocenters. The quantitative estimate of drug-likeness (QED) is 0.620. The number of anilines is 1. The van der Waals surface area contributed by atoms with Gasteiger partial charge in [-0.2, -0.15) is 9.78 Å². The molecule has 30 heavy (non-hydrogen) atoms. The van der Waals surface area contributed by atoms with Crippen molar-refractivity contribution in [3.8, 4) is 17.4 Å². The predicted molar refractivity (Wildman–Crippen MR) is 111 cm³/mol. The van der Waals surface area contributed by atoms with Crippen LogP contribution < -0.4 is 20.3 Å². The van der Waals surface area contributed by atoms with E-state index in [4.69, 9.17) is 9.47 Å². The van der Waals surface area contributed by atoms with Crippen LogP contribution in [0.15, 0.2) is 35.1 Å². The highest BCUT2D eigenvalue weighted by molar-refractivity contribution is 5.91. The van der Waals surface area contributed by atoms with Crippen molar-refractivity contribution in [2.24, 2.45) is 0 Å². The number of hydrogen-bond acceptors (Lipinski definition) is 6. The lowest BCUT2D eigenvalue weighted by atomic mass is 10.3. The van der Waals surface area contributed by atoms with E-state index in [1.54, 1.807) is 32.0 Å². The molecule has 1 amide bonds. The van der Waals surface area contributed by atoms with Gasteiger partial charge in [-0.25, -0.2) is 4.98 Å². The number of methoxy groups -OCH3 is 1. The molecule has 1 aromatic carbocycles. The lowest BCUT2D eigenvalue weighted by Crippen LogP contribution is -2.24. The Morgan fingerprint density at radius 1 is 1.27 bits per heavy atom. The summed E-state index contributed by atoms with van der Waals surface area (Å²) in [6.07, 6.45) is 2.11. The lowest BCUT2D eigenvalue weighted by Gasteiger charge is -2.11. The Hall–Kier alpha value is -3.62. The number of carbonyl (C=O) groups is 1. The number of hydrogen-bond donors (Lipinski definition) is 2. The zero-order valence-electron chi connectivity index (χ0n) is 17.1. The molecular weight excluding hydrogens is 386 g/mol. The second kappa shape index (κ2) is 8.02. The average molecular weight is 409 g/mol. The zero-order chi connectivity index (χ0) is 21.3. The minimum Gasteiger partial charge on any atom is -0.493 e. The fraction of sp³-hybridized carbons (Fsp3) is 0.333. The maximum Gasteiger partial charge on any atom is 0.263 e. The highest BCUT2D eigenvalue weighted by Crippen LogP contribution is 2.40. The molecule has 9 nitrogen and oxygen atoms in total. The number of aromatic nitrogens is 4. The van der Waals surface area contributed by atoms with Crippen molar-refractivity contribution in [2.75, 3.05) is 19.0 Å². The number of aryl methyl sites for hydroxylation is 1. The Balaban J connectivity index is 1.56. The average Bonchev–Trinajstić information content (AvgIpc) is 3.51. The number of carbonyl (C=O) groups excluding carboxylic acids is 1. The smallest absolute Gasteiger partial charge is 0.263 e. The molecule has 2 N–H and O–H groups in total. The van der Waals surface area contributed by atoms with Crippen LogP contribution in [0.1, 0.15) is 35.7 Å². The summed E-state index contributed by atoms with van der Waals surface area (Å²) in [4.78, 5) is 31.9. The van der Waals surface area contributed by atoms with E-state index < -0.39 is 0 Å². The van der Waals surface area contributed by atoms with E-state index in [1.165, 1.54) is 11.8 Å². The molecule has 156 valence electrons. The van der Waals surface area contributed by atoms with E-state index in [2.05, 4.69) is 20.4 Å². The van der Waals surface area contributed by atoms with Gasteiger partial charge in [-0.05, 0) is 38.8 Å². The van der Waals surface area contributed by atoms with Crippen LogP contribution in [0, 0.1) is 13.8 Å². The first-order valence-electron chi connectivity index (χ1n) is 9.69. The Labute approximate surface area is 173 Å². The number of rotatable bonds is 7. The number of aromatic amines is 1. The van der Waals surface area contributed by atoms with E-state index in [9.17, 15) is 9.59 Å². The number of amides is 1. The topological polar surface area (TPSA) is 111 Å². The van der Waals surface area contributed by atoms with Crippen molar-refractivity contribution in [1.29, 1.82) is 0 Å². The van der Waals surface area contributed by atoms with Crippen LogP contribution in [0.5, 0.6) is 11.5 Å². The molecule has 0 aliphatic heterocycles. The number of ether oxygens (including phenoxy) is 2. The van der Waals surface area contributed by atoms with Crippen LogP contribution in [0.3, 0.4) is 0 Å². The van der Waals surface area contributed by atoms with Gasteiger partial charge in [-0.1, -0.05) is 12.1 Å². The van der Waals surface area contributed by atoms with Crippen LogP contribution in [-0.4, -0.2) is 39.4 Å². The molecule has 9 heteroatoms. The standard InChI is InChI=1S/C21H23N5O4/c1-12-13(2)22-21(24-20(12)28)26-18(10-15(25-26)14-8-9-14)23-19(27)11-30-17-7-5-4-6-16(17)29-3/h4-7,10,14H,8-9,11H2,1-3H3,(H,23,27)(H,22,24,28). The van der Waals surface area contributed by atoms with E-state index in [0.717, 1.165) is 18.5 Å². The van der Waals surface area contributed by atoms with Crippen molar-refractivity contribution < 1.29 is 14.3 Å². The molecule has 1 fully saturated rings. The van der Waals surface area contributed by atoms with Crippen LogP contribution in [0.2, 0.25) is 0 Å². The SMILES string of the molecule is COc1ccccc1OCC(=O)Nc1cc(C2CC2)nn1-c1nc(C)c(C)c(=O)[nH]1. The molecule has 0 radical (unpaired) electrons. The Morgan fingerprint density at radius 2 is 2.00 bits per heavy atom. The summed E-state index contributed by atoms with van der Waals surface area (Å²) in [5, 5.41) is 7.37. The third-order valence-electron chi connectivity index (χ3n) is 5.00. The van der Waals surface area contributed by atoms with Crippen molar-refractivity contribution in [2.45, 2.75) is 32.6 Å². The van der Waals surface area contributed by atoms with E-state index in [1.807, 2.05) is 12.1 Å². The highest BCUT2D eigenvalue weighted by atomic mass is 16.5. The molecule has 1 aliphatic carbocycles. The van der Waals surface area contributed by atoms with E-state index in [-0.39, 0.29) is 24.0 Å². The summed E-state index contributed by atoms with van der Waals surface area (Å²) < 4.78 is 12.3. The number of nitrogens with zero attached hydrogens (tertiary/aromatic N) is 3. The monoisotopic (exact) mass is 409 g/mol. The third-order valence-corrected chi connectivity index (χ3v) is 5.00. The molecule has 0 saturated heterocycles. The number of nitrogens with one attached hydrogen (secondary N) is 2. The van der Waals surface area contributed by atoms with Gasteiger partial charge in [0.15, 0.2) is 18.1 Å². The highest BCUT2D eigenvalue weighted by Gasteiger charge is 2.28. The van der Waals surface area contributed by atoms with Gasteiger partial charge < -0.3 is 14.8 Å². The van der Waals surface area contributed by atoms with Gasteiger partial charge in [-0.15, -0.1) is 0 Å². The largest absolute Gasteiger partial charge is 0.493 e. The maximum atomic E-state index is 12.5. The summed E-state index contributed by atoms with van der Waals surface area (Å²) in [6, 6.07) is 8.92. The summed E-state index contributed by atoms with van der Waals surface area (Å²) in [7, 11) is 1.54. The van der Waals surface area contributed by atoms with Crippen molar-refractivity contribution in [3.05, 3.63) is 57.6 Å². The van der Waals surface area contributed by atoms with Crippen molar-refractivity contribution in [1.82, 2.24) is 19.7 Å². The van der Waals surface area contributed by atoms with Crippen LogP contribution in [0.25, 0.3) is 5.95 Å². The van der Waals surface area contributed by atoms with Crippen LogP contribution in [0.4, 0.5) is 5.82 Å². The molecule has 2 aromatic heterocycles. The zero-order valence-corrected chi connectivity index (χ0v) is 17.1. The molecular formula is C21H23N5O4. The Kier molecular flexibility index (Phi) is 5.26. The second-order valence-electron chi connectivity index (χ2n) is 7.23. The first kappa shape index (κ1) is 19.7. The molecule has 0 spiro atoms. The van der Waals surface area contributed by atoms with Gasteiger partial charge in [-0.3, -0.25) is 14.6 Å². The third kappa shape index (κ3) is 4.05. The first-order chi connectivity index (χ1) is 14.5. The van der Waals surface area contributed by atoms with Crippen molar-refractivity contribution in [3.63, 3.8) is 0 Å². The van der Waals surface area contributed by atoms with Crippen molar-refractivity contribution >= 4 is 11.7 Å². The predicted octanol–water partition coefficient (Wildman–Crippen LogP) is 2.48. The van der Waals surface area contributed by atoms with Gasteiger partial charge >= 0.3 is 0 Å². The van der Waals surface area contributed by atoms with Gasteiger partial charge in [0.05, 0.1) is 12.8 Å². The molecule has 0 bridgehead atoms. The first-order valence-corrected chi connectivity index (χ1v) is 9.69. The molecule has 4 rings (SSSR count). The van der Waals surface area contributed by atoms with Crippen LogP contribution in [-0.2, 0) is 4.79 Å². The maximum absolute atomic E-state index is 12.5. The molecule has 3 aromatic rings. The Morgan fingerprint density at radius 3 is 2.67 bits per heavy atom. The van der Waals surface area contributed by atoms with E-state index >= 15 is 0 Å². The van der Waals surface area contributed by atoms with E-state index in [0.29, 0.717) is 34.5 Å². The van der Waals surface area contributed by atoms with Gasteiger partial charge in [0.2, 0.25) is 5.95 Å². The number of H-pyrrole nitrogens is 1. The van der Waals surface area contributed by atoms with Gasteiger partial charge in [0, 0.05) is 23.2 Å². The fourth-order valence-electron chi connectivity index (χ4n) is 3.02. The minimum atomic E-state index is -0.365. The number of benzene rings is 1. The lowest BCUT2D eigenvalue weighted by molar-refractivity contribution is -0.118. The second-order valence-corrected chi connectivity index (χ2v) is 7.23. The molecule has 1 aliphatic rings. The summed E-state index contributed by atoms with van der Waals surface area (Å²) in [6.45, 7) is 3.27. The molecule has 2 heterocycles. The van der Waals surface area contributed by atoms with Gasteiger partial charge in [0.25, 0.3) is 11.5 Å². The summed E-state index contributed by atoms with van der Waals surface area (Å²) in [5.74, 6) is 1.71. The molecule has 1 saturated carbocycles. The normalized spacial score (nSPS) is 13.2. The fourth-order valence-corrected chi connectivity index (χ4v) is 3.02. The summed E-state index contributed by atoms with van der Waals surface area (Å²) in [5.41, 5.74) is 1.77. The Bertz CT molecular complexity index is 1150. The molecule has 0 unspecified atom stereocenters. The number of para-hydroxylation sites is 2. The minimum absolute atomic E-state index is 0.207. The van der Waals surface area contributed by atoms with Gasteiger partial charge in [0.1, 0.15) is 5.82 Å². The van der Waals surface area contributed by atoms with Crippen LogP contribution >= 0.6 is 0 Å². The summed E-state index contributed by atoms with van der Waals surface area (Å²) >= 11 is 0.